The average Bonchev–Trinajstić information content (AvgIpc) is 3.26. The van der Waals surface area contributed by atoms with Crippen molar-refractivity contribution in [1.82, 2.24) is 4.90 Å². The molecule has 2 N–H and O–H groups in total. The summed E-state index contributed by atoms with van der Waals surface area (Å²) in [5.74, 6) is -0.279. The molecule has 1 aromatic carbocycles. The van der Waals surface area contributed by atoms with E-state index in [4.69, 9.17) is 0 Å². The van der Waals surface area contributed by atoms with Gasteiger partial charge in [0.15, 0.2) is 0 Å². The van der Waals surface area contributed by atoms with E-state index in [0.29, 0.717) is 29.5 Å². The number of carbonyl (C=O) groups is 3. The quantitative estimate of drug-likeness (QED) is 0.852. The molecule has 1 heterocycles. The number of hydrogen-bond acceptors (Lipinski definition) is 3. The third-order valence-electron chi connectivity index (χ3n) is 6.45. The van der Waals surface area contributed by atoms with E-state index in [2.05, 4.69) is 12.2 Å². The van der Waals surface area contributed by atoms with Crippen LogP contribution in [0, 0.1) is 17.8 Å². The molecule has 4 rings (SSSR count). The van der Waals surface area contributed by atoms with Crippen LogP contribution in [-0.2, 0) is 9.59 Å². The highest BCUT2D eigenvalue weighted by Gasteiger charge is 2.47. The Hall–Kier alpha value is -2.37. The molecule has 144 valence electrons. The van der Waals surface area contributed by atoms with E-state index in [9.17, 15) is 19.5 Å². The van der Waals surface area contributed by atoms with Crippen LogP contribution in [-0.4, -0.2) is 39.9 Å². The highest BCUT2D eigenvalue weighted by atomic mass is 16.4. The molecule has 3 fully saturated rings. The van der Waals surface area contributed by atoms with Gasteiger partial charge in [0.2, 0.25) is 5.91 Å². The van der Waals surface area contributed by atoms with E-state index < -0.39 is 12.0 Å². The number of rotatable bonds is 4. The Balaban J connectivity index is 1.49. The molecule has 5 atom stereocenters. The molecule has 2 aliphatic carbocycles. The second kappa shape index (κ2) is 6.98. The summed E-state index contributed by atoms with van der Waals surface area (Å²) in [7, 11) is 0. The fourth-order valence-electron chi connectivity index (χ4n) is 4.74. The van der Waals surface area contributed by atoms with Crippen molar-refractivity contribution >= 4 is 23.5 Å². The van der Waals surface area contributed by atoms with Crippen LogP contribution in [0.1, 0.15) is 55.8 Å². The molecular formula is C21H26N2O4. The lowest BCUT2D eigenvalue weighted by Crippen LogP contribution is -2.46. The minimum absolute atomic E-state index is 0.0251. The summed E-state index contributed by atoms with van der Waals surface area (Å²) >= 11 is 0. The zero-order chi connectivity index (χ0) is 19.1. The van der Waals surface area contributed by atoms with E-state index in [1.54, 1.807) is 29.2 Å². The summed E-state index contributed by atoms with van der Waals surface area (Å²) < 4.78 is 0. The van der Waals surface area contributed by atoms with Crippen LogP contribution in [0.2, 0.25) is 0 Å². The van der Waals surface area contributed by atoms with Crippen molar-refractivity contribution in [2.75, 3.05) is 5.32 Å². The SMILES string of the molecule is CC1CC1C(=O)Nc1ccc(C(=O)N2C(C(=O)O)CC3CCCCC32)cc1. The summed E-state index contributed by atoms with van der Waals surface area (Å²) in [5.41, 5.74) is 1.15. The average molecular weight is 370 g/mol. The molecule has 0 spiro atoms. The minimum atomic E-state index is -0.916. The number of likely N-dealkylation sites (tertiary alicyclic amines) is 1. The predicted molar refractivity (Wildman–Crippen MR) is 100 cm³/mol. The fourth-order valence-corrected chi connectivity index (χ4v) is 4.74. The molecule has 3 aliphatic rings. The number of carboxylic acid groups (broad SMARTS) is 1. The first-order chi connectivity index (χ1) is 13.0. The Morgan fingerprint density at radius 2 is 1.74 bits per heavy atom. The monoisotopic (exact) mass is 370 g/mol. The number of aliphatic carboxylic acids is 1. The van der Waals surface area contributed by atoms with Gasteiger partial charge in [0.1, 0.15) is 6.04 Å². The molecule has 1 aromatic rings. The fraction of sp³-hybridized carbons (Fsp3) is 0.571. The number of hydrogen-bond donors (Lipinski definition) is 2. The van der Waals surface area contributed by atoms with Crippen molar-refractivity contribution in [3.63, 3.8) is 0 Å². The van der Waals surface area contributed by atoms with Crippen molar-refractivity contribution in [2.24, 2.45) is 17.8 Å². The number of anilines is 1. The lowest BCUT2D eigenvalue weighted by atomic mass is 9.84. The number of amides is 2. The molecule has 1 aliphatic heterocycles. The van der Waals surface area contributed by atoms with E-state index in [0.717, 1.165) is 32.1 Å². The van der Waals surface area contributed by atoms with Crippen molar-refractivity contribution in [2.45, 2.75) is 57.5 Å². The lowest BCUT2D eigenvalue weighted by Gasteiger charge is -2.33. The van der Waals surface area contributed by atoms with Crippen molar-refractivity contribution in [3.05, 3.63) is 29.8 Å². The topological polar surface area (TPSA) is 86.7 Å². The second-order valence-corrected chi connectivity index (χ2v) is 8.30. The van der Waals surface area contributed by atoms with Crippen LogP contribution in [0.25, 0.3) is 0 Å². The third kappa shape index (κ3) is 3.45. The maximum absolute atomic E-state index is 13.1. The van der Waals surface area contributed by atoms with Crippen LogP contribution in [0.3, 0.4) is 0 Å². The van der Waals surface area contributed by atoms with Gasteiger partial charge >= 0.3 is 5.97 Å². The number of nitrogens with one attached hydrogen (secondary N) is 1. The predicted octanol–water partition coefficient (Wildman–Crippen LogP) is 3.14. The van der Waals surface area contributed by atoms with E-state index in [1.165, 1.54) is 0 Å². The highest BCUT2D eigenvalue weighted by molar-refractivity contribution is 5.98. The first-order valence-electron chi connectivity index (χ1n) is 9.92. The summed E-state index contributed by atoms with van der Waals surface area (Å²) in [5, 5.41) is 12.5. The molecule has 6 nitrogen and oxygen atoms in total. The zero-order valence-electron chi connectivity index (χ0n) is 15.6. The van der Waals surface area contributed by atoms with Gasteiger partial charge < -0.3 is 15.3 Å². The van der Waals surface area contributed by atoms with Gasteiger partial charge in [0.05, 0.1) is 0 Å². The van der Waals surface area contributed by atoms with E-state index >= 15 is 0 Å². The van der Waals surface area contributed by atoms with Crippen molar-refractivity contribution < 1.29 is 19.5 Å². The first kappa shape index (κ1) is 18.0. The van der Waals surface area contributed by atoms with Crippen molar-refractivity contribution in [3.8, 4) is 0 Å². The van der Waals surface area contributed by atoms with Gasteiger partial charge in [0.25, 0.3) is 5.91 Å². The molecule has 0 aromatic heterocycles. The molecule has 1 saturated heterocycles. The van der Waals surface area contributed by atoms with Gasteiger partial charge in [-0.05, 0) is 61.8 Å². The molecular weight excluding hydrogens is 344 g/mol. The maximum atomic E-state index is 13.1. The molecule has 2 amide bonds. The summed E-state index contributed by atoms with van der Waals surface area (Å²) in [6, 6.07) is 6.11. The number of benzene rings is 1. The summed E-state index contributed by atoms with van der Waals surface area (Å²) in [6.07, 6.45) is 5.53. The normalized spacial score (nSPS) is 31.9. The van der Waals surface area contributed by atoms with Gasteiger partial charge in [-0.3, -0.25) is 9.59 Å². The van der Waals surface area contributed by atoms with Crippen LogP contribution in [0.15, 0.2) is 24.3 Å². The number of carbonyl (C=O) groups excluding carboxylic acids is 2. The largest absolute Gasteiger partial charge is 0.480 e. The van der Waals surface area contributed by atoms with Gasteiger partial charge in [-0.15, -0.1) is 0 Å². The van der Waals surface area contributed by atoms with Crippen LogP contribution in [0.4, 0.5) is 5.69 Å². The Labute approximate surface area is 158 Å². The third-order valence-corrected chi connectivity index (χ3v) is 6.45. The number of nitrogens with zero attached hydrogens (tertiary/aromatic N) is 1. The standard InChI is InChI=1S/C21H26N2O4/c1-12-10-16(12)19(24)22-15-8-6-13(7-9-15)20(25)23-17-5-3-2-4-14(17)11-18(23)21(26)27/h6-9,12,14,16-18H,2-5,10-11H2,1H3,(H,22,24)(H,26,27). The Kier molecular flexibility index (Phi) is 4.66. The zero-order valence-corrected chi connectivity index (χ0v) is 15.6. The Morgan fingerprint density at radius 1 is 1.07 bits per heavy atom. The van der Waals surface area contributed by atoms with Crippen LogP contribution >= 0.6 is 0 Å². The summed E-state index contributed by atoms with van der Waals surface area (Å²) in [6.45, 7) is 2.06. The van der Waals surface area contributed by atoms with E-state index in [1.807, 2.05) is 0 Å². The van der Waals surface area contributed by atoms with Crippen LogP contribution in [0.5, 0.6) is 0 Å². The van der Waals surface area contributed by atoms with Gasteiger partial charge in [-0.25, -0.2) is 4.79 Å². The van der Waals surface area contributed by atoms with Crippen molar-refractivity contribution in [1.29, 1.82) is 0 Å². The Morgan fingerprint density at radius 3 is 2.37 bits per heavy atom. The van der Waals surface area contributed by atoms with Gasteiger partial charge in [-0.1, -0.05) is 19.8 Å². The minimum Gasteiger partial charge on any atom is -0.480 e. The molecule has 0 radical (unpaired) electrons. The summed E-state index contributed by atoms with van der Waals surface area (Å²) in [4.78, 5) is 38.4. The van der Waals surface area contributed by atoms with Gasteiger partial charge in [0, 0.05) is 23.2 Å². The number of carboxylic acids is 1. The lowest BCUT2D eigenvalue weighted by molar-refractivity contribution is -0.141. The molecule has 0 bridgehead atoms. The molecule has 6 heteroatoms. The van der Waals surface area contributed by atoms with Gasteiger partial charge in [-0.2, -0.15) is 0 Å². The second-order valence-electron chi connectivity index (χ2n) is 8.30. The van der Waals surface area contributed by atoms with Crippen LogP contribution < -0.4 is 5.32 Å². The molecule has 27 heavy (non-hydrogen) atoms. The number of fused-ring (bicyclic) bond motifs is 1. The first-order valence-corrected chi connectivity index (χ1v) is 9.92. The highest BCUT2D eigenvalue weighted by Crippen LogP contribution is 2.41. The van der Waals surface area contributed by atoms with E-state index in [-0.39, 0.29) is 23.8 Å². The molecule has 5 unspecified atom stereocenters. The Bertz CT molecular complexity index is 760. The smallest absolute Gasteiger partial charge is 0.326 e. The molecule has 2 saturated carbocycles. The maximum Gasteiger partial charge on any atom is 0.326 e.